The largest absolute Gasteiger partial charge is 0.461 e. The molecule has 0 bridgehead atoms. The molecular weight excluding hydrogens is 380 g/mol. The molecule has 0 N–H and O–H groups in total. The lowest BCUT2D eigenvalue weighted by Gasteiger charge is -2.14. The number of carbonyl (C=O) groups excluding carboxylic acids is 1. The Kier molecular flexibility index (Phi) is 7.40. The fourth-order valence-electron chi connectivity index (χ4n) is 4.73. The summed E-state index contributed by atoms with van der Waals surface area (Å²) in [4.78, 5) is 12.3. The summed E-state index contributed by atoms with van der Waals surface area (Å²) in [6, 6.07) is 19.4. The first-order chi connectivity index (χ1) is 15.3. The van der Waals surface area contributed by atoms with E-state index in [1.165, 1.54) is 77.3 Å². The first-order valence-electron chi connectivity index (χ1n) is 12.1. The van der Waals surface area contributed by atoms with E-state index in [2.05, 4.69) is 61.5 Å². The molecule has 0 radical (unpaired) electrons. The Labute approximate surface area is 185 Å². The van der Waals surface area contributed by atoms with E-state index in [0.717, 1.165) is 18.4 Å². The summed E-state index contributed by atoms with van der Waals surface area (Å²) in [6.07, 6.45) is 11.8. The van der Waals surface area contributed by atoms with Gasteiger partial charge in [0.25, 0.3) is 0 Å². The van der Waals surface area contributed by atoms with Gasteiger partial charge in [0.2, 0.25) is 0 Å². The number of hydrogen-bond acceptors (Lipinski definition) is 2. The molecule has 4 aromatic rings. The third-order valence-electron chi connectivity index (χ3n) is 6.49. The fraction of sp³-hybridized carbons (Fsp3) is 0.414. The molecule has 2 heteroatoms. The monoisotopic (exact) mass is 414 g/mol. The molecule has 0 aliphatic heterocycles. The van der Waals surface area contributed by atoms with E-state index in [-0.39, 0.29) is 5.97 Å². The molecule has 0 aromatic heterocycles. The second-order valence-corrected chi connectivity index (χ2v) is 8.82. The lowest BCUT2D eigenvalue weighted by molar-refractivity contribution is -0.145. The summed E-state index contributed by atoms with van der Waals surface area (Å²) >= 11 is 0. The van der Waals surface area contributed by atoms with Crippen LogP contribution in [0.15, 0.2) is 54.6 Å². The van der Waals surface area contributed by atoms with E-state index in [0.29, 0.717) is 13.0 Å². The number of benzene rings is 4. The van der Waals surface area contributed by atoms with Crippen LogP contribution in [0.2, 0.25) is 0 Å². The summed E-state index contributed by atoms with van der Waals surface area (Å²) in [6.45, 7) is 2.60. The highest BCUT2D eigenvalue weighted by Gasteiger charge is 2.12. The Morgan fingerprint density at radius 3 is 1.97 bits per heavy atom. The van der Waals surface area contributed by atoms with Crippen LogP contribution in [0.4, 0.5) is 0 Å². The molecule has 0 atom stereocenters. The molecule has 0 amide bonds. The number of rotatable bonds is 12. The molecule has 0 spiro atoms. The van der Waals surface area contributed by atoms with Crippen LogP contribution < -0.4 is 0 Å². The number of unbranched alkanes of at least 4 members (excludes halogenated alkanes) is 8. The standard InChI is InChI=1S/C29H34O2/c1-2-3-4-5-6-7-8-9-10-14-27(30)31-21-25-18-17-24-16-15-22-12-11-13-23-19-20-26(25)29(24)28(22)23/h11-13,15-20H,2-10,14,21H2,1H3. The summed E-state index contributed by atoms with van der Waals surface area (Å²) in [5.41, 5.74) is 1.09. The van der Waals surface area contributed by atoms with Crippen molar-refractivity contribution < 1.29 is 9.53 Å². The van der Waals surface area contributed by atoms with Gasteiger partial charge in [0.1, 0.15) is 6.61 Å². The minimum atomic E-state index is -0.0753. The molecule has 0 saturated heterocycles. The van der Waals surface area contributed by atoms with Gasteiger partial charge in [-0.05, 0) is 44.3 Å². The van der Waals surface area contributed by atoms with Crippen LogP contribution in [0, 0.1) is 0 Å². The summed E-state index contributed by atoms with van der Waals surface area (Å²) in [7, 11) is 0. The molecule has 4 rings (SSSR count). The maximum atomic E-state index is 12.3. The Morgan fingerprint density at radius 2 is 1.26 bits per heavy atom. The Balaban J connectivity index is 1.30. The van der Waals surface area contributed by atoms with Crippen molar-refractivity contribution in [2.24, 2.45) is 0 Å². The van der Waals surface area contributed by atoms with Crippen LogP contribution in [0.5, 0.6) is 0 Å². The average molecular weight is 415 g/mol. The first-order valence-corrected chi connectivity index (χ1v) is 12.1. The highest BCUT2D eigenvalue weighted by molar-refractivity contribution is 6.23. The molecule has 4 aromatic carbocycles. The van der Waals surface area contributed by atoms with Gasteiger partial charge in [0, 0.05) is 6.42 Å². The van der Waals surface area contributed by atoms with Gasteiger partial charge in [-0.1, -0.05) is 113 Å². The van der Waals surface area contributed by atoms with Gasteiger partial charge in [-0.2, -0.15) is 0 Å². The van der Waals surface area contributed by atoms with E-state index in [1.54, 1.807) is 0 Å². The number of esters is 1. The van der Waals surface area contributed by atoms with Crippen molar-refractivity contribution in [3.63, 3.8) is 0 Å². The first kappa shape index (κ1) is 21.6. The highest BCUT2D eigenvalue weighted by Crippen LogP contribution is 2.36. The SMILES string of the molecule is CCCCCCCCCCCC(=O)OCc1ccc2ccc3cccc4ccc1c2c34. The van der Waals surface area contributed by atoms with Gasteiger partial charge in [-0.25, -0.2) is 0 Å². The molecular formula is C29H34O2. The van der Waals surface area contributed by atoms with Gasteiger partial charge in [-0.3, -0.25) is 4.79 Å². The van der Waals surface area contributed by atoms with E-state index >= 15 is 0 Å². The lowest BCUT2D eigenvalue weighted by Crippen LogP contribution is -2.05. The molecule has 0 aliphatic carbocycles. The average Bonchev–Trinajstić information content (AvgIpc) is 2.80. The van der Waals surface area contributed by atoms with Gasteiger partial charge in [0.05, 0.1) is 0 Å². The third-order valence-corrected chi connectivity index (χ3v) is 6.49. The summed E-state index contributed by atoms with van der Waals surface area (Å²) in [5, 5.41) is 7.54. The van der Waals surface area contributed by atoms with Crippen LogP contribution >= 0.6 is 0 Å². The number of carbonyl (C=O) groups is 1. The third kappa shape index (κ3) is 5.18. The Bertz CT molecular complexity index is 1110. The minimum Gasteiger partial charge on any atom is -0.461 e. The molecule has 0 saturated carbocycles. The van der Waals surface area contributed by atoms with E-state index in [4.69, 9.17) is 4.74 Å². The zero-order chi connectivity index (χ0) is 21.5. The molecule has 0 unspecified atom stereocenters. The second-order valence-electron chi connectivity index (χ2n) is 8.82. The predicted molar refractivity (Wildman–Crippen MR) is 132 cm³/mol. The molecule has 162 valence electrons. The van der Waals surface area contributed by atoms with Gasteiger partial charge < -0.3 is 4.74 Å². The Hall–Kier alpha value is -2.61. The van der Waals surface area contributed by atoms with Crippen LogP contribution in [0.25, 0.3) is 32.3 Å². The van der Waals surface area contributed by atoms with E-state index in [9.17, 15) is 4.79 Å². The molecule has 2 nitrogen and oxygen atoms in total. The van der Waals surface area contributed by atoms with Crippen molar-refractivity contribution >= 4 is 38.3 Å². The van der Waals surface area contributed by atoms with Crippen molar-refractivity contribution in [3.05, 3.63) is 60.2 Å². The van der Waals surface area contributed by atoms with E-state index < -0.39 is 0 Å². The summed E-state index contributed by atoms with van der Waals surface area (Å²) < 4.78 is 5.65. The minimum absolute atomic E-state index is 0.0753. The van der Waals surface area contributed by atoms with Crippen molar-refractivity contribution in [2.75, 3.05) is 0 Å². The van der Waals surface area contributed by atoms with Crippen LogP contribution in [-0.2, 0) is 16.1 Å². The van der Waals surface area contributed by atoms with Gasteiger partial charge >= 0.3 is 5.97 Å². The van der Waals surface area contributed by atoms with Crippen molar-refractivity contribution in [2.45, 2.75) is 77.7 Å². The molecule has 31 heavy (non-hydrogen) atoms. The van der Waals surface area contributed by atoms with E-state index in [1.807, 2.05) is 0 Å². The van der Waals surface area contributed by atoms with Crippen LogP contribution in [0.1, 0.15) is 76.7 Å². The quantitative estimate of drug-likeness (QED) is 0.132. The normalized spacial score (nSPS) is 11.6. The molecule has 0 aliphatic rings. The number of ether oxygens (including phenoxy) is 1. The van der Waals surface area contributed by atoms with Crippen LogP contribution in [-0.4, -0.2) is 5.97 Å². The molecule has 0 fully saturated rings. The number of hydrogen-bond donors (Lipinski definition) is 0. The van der Waals surface area contributed by atoms with Crippen LogP contribution in [0.3, 0.4) is 0 Å². The Morgan fingerprint density at radius 1 is 0.677 bits per heavy atom. The zero-order valence-electron chi connectivity index (χ0n) is 18.8. The van der Waals surface area contributed by atoms with Crippen molar-refractivity contribution in [3.8, 4) is 0 Å². The molecule has 0 heterocycles. The topological polar surface area (TPSA) is 26.3 Å². The second kappa shape index (κ2) is 10.6. The fourth-order valence-corrected chi connectivity index (χ4v) is 4.73. The van der Waals surface area contributed by atoms with Crippen molar-refractivity contribution in [1.82, 2.24) is 0 Å². The lowest BCUT2D eigenvalue weighted by atomic mass is 9.92. The predicted octanol–water partition coefficient (Wildman–Crippen LogP) is 8.55. The maximum absolute atomic E-state index is 12.3. The van der Waals surface area contributed by atoms with Gasteiger partial charge in [-0.15, -0.1) is 0 Å². The maximum Gasteiger partial charge on any atom is 0.306 e. The summed E-state index contributed by atoms with van der Waals surface area (Å²) in [5.74, 6) is -0.0753. The smallest absolute Gasteiger partial charge is 0.306 e. The van der Waals surface area contributed by atoms with Crippen molar-refractivity contribution in [1.29, 1.82) is 0 Å². The zero-order valence-corrected chi connectivity index (χ0v) is 18.8. The van der Waals surface area contributed by atoms with Gasteiger partial charge in [0.15, 0.2) is 0 Å². The highest BCUT2D eigenvalue weighted by atomic mass is 16.5.